The first kappa shape index (κ1) is 11.2. The number of nitrogens with zero attached hydrogens (tertiary/aromatic N) is 1. The third kappa shape index (κ3) is 1.97. The topological polar surface area (TPSA) is 38.7 Å². The Morgan fingerprint density at radius 2 is 2.25 bits per heavy atom. The van der Waals surface area contributed by atoms with Gasteiger partial charge >= 0.3 is 5.97 Å². The van der Waals surface area contributed by atoms with Gasteiger partial charge in [-0.3, -0.25) is 4.99 Å². The molecule has 1 atom stereocenters. The molecule has 84 valence electrons. The molecule has 1 heterocycles. The van der Waals surface area contributed by atoms with Gasteiger partial charge in [-0.2, -0.15) is 0 Å². The molecule has 1 aromatic rings. The van der Waals surface area contributed by atoms with E-state index in [1.165, 1.54) is 7.11 Å². The Kier molecular flexibility index (Phi) is 3.29. The van der Waals surface area contributed by atoms with Crippen LogP contribution in [0.3, 0.4) is 0 Å². The number of ether oxygens (including phenoxy) is 1. The van der Waals surface area contributed by atoms with Crippen LogP contribution in [-0.4, -0.2) is 30.4 Å². The molecule has 1 aliphatic heterocycles. The van der Waals surface area contributed by atoms with Gasteiger partial charge in [0, 0.05) is 12.0 Å². The highest BCUT2D eigenvalue weighted by molar-refractivity contribution is 8.13. The summed E-state index contributed by atoms with van der Waals surface area (Å²) in [5.41, 5.74) is 2.30. The quantitative estimate of drug-likeness (QED) is 0.698. The highest BCUT2D eigenvalue weighted by Crippen LogP contribution is 2.24. The minimum absolute atomic E-state index is 0.263. The monoisotopic (exact) mass is 235 g/mol. The molecule has 3 nitrogen and oxygen atoms in total. The second kappa shape index (κ2) is 4.70. The Morgan fingerprint density at radius 1 is 1.50 bits per heavy atom. The maximum Gasteiger partial charge on any atom is 0.330 e. The van der Waals surface area contributed by atoms with Gasteiger partial charge in [-0.25, -0.2) is 4.79 Å². The normalized spacial score (nSPS) is 18.6. The van der Waals surface area contributed by atoms with Crippen LogP contribution >= 0.6 is 11.8 Å². The van der Waals surface area contributed by atoms with Crippen molar-refractivity contribution in [1.82, 2.24) is 0 Å². The molecule has 0 aliphatic carbocycles. The van der Waals surface area contributed by atoms with Crippen molar-refractivity contribution in [1.29, 1.82) is 0 Å². The molecule has 0 saturated carbocycles. The molecule has 0 N–H and O–H groups in total. The van der Waals surface area contributed by atoms with Crippen LogP contribution < -0.4 is 0 Å². The number of rotatable bonds is 1. The van der Waals surface area contributed by atoms with Crippen LogP contribution in [-0.2, 0) is 16.0 Å². The van der Waals surface area contributed by atoms with Gasteiger partial charge in [0.25, 0.3) is 0 Å². The van der Waals surface area contributed by atoms with Gasteiger partial charge in [-0.15, -0.1) is 11.8 Å². The van der Waals surface area contributed by atoms with Crippen LogP contribution in [0, 0.1) is 0 Å². The van der Waals surface area contributed by atoms with Crippen LogP contribution in [0.5, 0.6) is 0 Å². The number of fused-ring (bicyclic) bond motifs is 1. The van der Waals surface area contributed by atoms with Crippen LogP contribution in [0.2, 0.25) is 0 Å². The fourth-order valence-corrected chi connectivity index (χ4v) is 2.46. The second-order valence-corrected chi connectivity index (χ2v) is 4.33. The van der Waals surface area contributed by atoms with E-state index in [2.05, 4.69) is 4.99 Å². The maximum absolute atomic E-state index is 11.5. The zero-order valence-electron chi connectivity index (χ0n) is 9.27. The predicted octanol–water partition coefficient (Wildman–Crippen LogP) is 1.89. The molecular weight excluding hydrogens is 222 g/mol. The predicted molar refractivity (Wildman–Crippen MR) is 66.0 cm³/mol. The van der Waals surface area contributed by atoms with Crippen LogP contribution in [0.4, 0.5) is 0 Å². The molecule has 0 saturated heterocycles. The Hall–Kier alpha value is -1.29. The maximum atomic E-state index is 11.5. The van der Waals surface area contributed by atoms with E-state index >= 15 is 0 Å². The number of aliphatic imine (C=N–C) groups is 1. The molecule has 0 aromatic heterocycles. The van der Waals surface area contributed by atoms with Crippen LogP contribution in [0.25, 0.3) is 0 Å². The van der Waals surface area contributed by atoms with E-state index in [0.29, 0.717) is 6.42 Å². The summed E-state index contributed by atoms with van der Waals surface area (Å²) in [4.78, 5) is 15.9. The zero-order valence-corrected chi connectivity index (χ0v) is 10.1. The van der Waals surface area contributed by atoms with Crippen molar-refractivity contribution < 1.29 is 9.53 Å². The molecule has 1 aliphatic rings. The van der Waals surface area contributed by atoms with Gasteiger partial charge in [0.1, 0.15) is 0 Å². The van der Waals surface area contributed by atoms with E-state index in [1.54, 1.807) is 11.8 Å². The standard InChI is InChI=1S/C12H13NO2S/c1-15-12(14)10-7-8-5-3-4-6-9(8)11(13-10)16-2/h3-6,10H,7H2,1-2H3. The molecule has 0 amide bonds. The summed E-state index contributed by atoms with van der Waals surface area (Å²) in [6.45, 7) is 0. The fourth-order valence-electron chi connectivity index (χ4n) is 1.81. The molecule has 0 bridgehead atoms. The Labute approximate surface area is 98.9 Å². The first-order valence-electron chi connectivity index (χ1n) is 5.04. The highest BCUT2D eigenvalue weighted by Gasteiger charge is 2.26. The number of hydrogen-bond acceptors (Lipinski definition) is 4. The zero-order chi connectivity index (χ0) is 11.5. The van der Waals surface area contributed by atoms with Crippen molar-refractivity contribution in [2.24, 2.45) is 4.99 Å². The van der Waals surface area contributed by atoms with E-state index in [1.807, 2.05) is 30.5 Å². The lowest BCUT2D eigenvalue weighted by atomic mass is 9.98. The molecule has 1 unspecified atom stereocenters. The SMILES string of the molecule is COC(=O)C1Cc2ccccc2C(SC)=N1. The van der Waals surface area contributed by atoms with Gasteiger partial charge in [-0.05, 0) is 11.8 Å². The minimum atomic E-state index is -0.387. The third-order valence-corrected chi connectivity index (χ3v) is 3.31. The third-order valence-electron chi connectivity index (χ3n) is 2.60. The second-order valence-electron chi connectivity index (χ2n) is 3.54. The fraction of sp³-hybridized carbons (Fsp3) is 0.333. The van der Waals surface area contributed by atoms with Crippen molar-refractivity contribution in [3.8, 4) is 0 Å². The number of carbonyl (C=O) groups excluding carboxylic acids is 1. The van der Waals surface area contributed by atoms with Gasteiger partial charge in [-0.1, -0.05) is 24.3 Å². The van der Waals surface area contributed by atoms with Gasteiger partial charge < -0.3 is 4.74 Å². The first-order valence-corrected chi connectivity index (χ1v) is 6.26. The van der Waals surface area contributed by atoms with Crippen molar-refractivity contribution >= 4 is 22.8 Å². The average Bonchev–Trinajstić information content (AvgIpc) is 2.36. The Morgan fingerprint density at radius 3 is 2.94 bits per heavy atom. The highest BCUT2D eigenvalue weighted by atomic mass is 32.2. The molecule has 2 rings (SSSR count). The lowest BCUT2D eigenvalue weighted by molar-refractivity contribution is -0.142. The smallest absolute Gasteiger partial charge is 0.330 e. The average molecular weight is 235 g/mol. The van der Waals surface area contributed by atoms with Crippen molar-refractivity contribution in [3.05, 3.63) is 35.4 Å². The molecule has 0 fully saturated rings. The molecule has 4 heteroatoms. The van der Waals surface area contributed by atoms with Gasteiger partial charge in [0.2, 0.25) is 0 Å². The largest absolute Gasteiger partial charge is 0.467 e. The molecule has 0 radical (unpaired) electrons. The van der Waals surface area contributed by atoms with Crippen molar-refractivity contribution in [2.45, 2.75) is 12.5 Å². The molecule has 1 aromatic carbocycles. The van der Waals surface area contributed by atoms with Gasteiger partial charge in [0.15, 0.2) is 6.04 Å². The summed E-state index contributed by atoms with van der Waals surface area (Å²) in [6.07, 6.45) is 2.60. The van der Waals surface area contributed by atoms with E-state index < -0.39 is 0 Å². The van der Waals surface area contributed by atoms with Crippen LogP contribution in [0.15, 0.2) is 29.3 Å². The van der Waals surface area contributed by atoms with E-state index in [4.69, 9.17) is 4.74 Å². The number of hydrogen-bond donors (Lipinski definition) is 0. The molecular formula is C12H13NO2S. The Bertz CT molecular complexity index is 442. The molecule has 16 heavy (non-hydrogen) atoms. The van der Waals surface area contributed by atoms with Crippen molar-refractivity contribution in [2.75, 3.05) is 13.4 Å². The van der Waals surface area contributed by atoms with Crippen molar-refractivity contribution in [3.63, 3.8) is 0 Å². The Balaban J connectivity index is 2.39. The number of thioether (sulfide) groups is 1. The lowest BCUT2D eigenvalue weighted by Gasteiger charge is -2.20. The van der Waals surface area contributed by atoms with E-state index in [-0.39, 0.29) is 12.0 Å². The van der Waals surface area contributed by atoms with E-state index in [9.17, 15) is 4.79 Å². The molecule has 0 spiro atoms. The number of carbonyl (C=O) groups is 1. The summed E-state index contributed by atoms with van der Waals surface area (Å²) in [7, 11) is 1.40. The summed E-state index contributed by atoms with van der Waals surface area (Å²) >= 11 is 1.56. The summed E-state index contributed by atoms with van der Waals surface area (Å²) in [5.74, 6) is -0.263. The van der Waals surface area contributed by atoms with Crippen LogP contribution in [0.1, 0.15) is 11.1 Å². The summed E-state index contributed by atoms with van der Waals surface area (Å²) in [5, 5.41) is 0.914. The number of benzene rings is 1. The summed E-state index contributed by atoms with van der Waals surface area (Å²) in [6, 6.07) is 7.66. The van der Waals surface area contributed by atoms with E-state index in [0.717, 1.165) is 16.2 Å². The minimum Gasteiger partial charge on any atom is -0.467 e. The lowest BCUT2D eigenvalue weighted by Crippen LogP contribution is -2.28. The number of methoxy groups -OCH3 is 1. The number of esters is 1. The first-order chi connectivity index (χ1) is 7.76. The van der Waals surface area contributed by atoms with Gasteiger partial charge in [0.05, 0.1) is 12.2 Å². The summed E-state index contributed by atoms with van der Waals surface area (Å²) < 4.78 is 4.74.